The molecule has 1 aliphatic rings. The summed E-state index contributed by atoms with van der Waals surface area (Å²) >= 11 is 0. The van der Waals surface area contributed by atoms with E-state index in [1.165, 1.54) is 31.7 Å². The Labute approximate surface area is 147 Å². The summed E-state index contributed by atoms with van der Waals surface area (Å²) in [4.78, 5) is 10.7. The van der Waals surface area contributed by atoms with Crippen LogP contribution in [0, 0.1) is 0 Å². The molecule has 0 saturated carbocycles. The van der Waals surface area contributed by atoms with E-state index in [9.17, 15) is 4.79 Å². The van der Waals surface area contributed by atoms with E-state index in [1.807, 2.05) is 12.1 Å². The zero-order valence-electron chi connectivity index (χ0n) is 15.4. The quantitative estimate of drug-likeness (QED) is 0.529. The number of ether oxygens (including phenoxy) is 2. The molecule has 1 aliphatic carbocycles. The molecule has 0 radical (unpaired) electrons. The molecule has 1 atom stereocenters. The van der Waals surface area contributed by atoms with Gasteiger partial charge in [0.25, 0.3) is 0 Å². The molecule has 2 rings (SSSR count). The van der Waals surface area contributed by atoms with E-state index in [0.29, 0.717) is 0 Å². The smallest absolute Gasteiger partial charge is 0.302 e. The molecule has 0 N–H and O–H groups in total. The van der Waals surface area contributed by atoms with Crippen LogP contribution in [0.2, 0.25) is 0 Å². The van der Waals surface area contributed by atoms with Crippen LogP contribution in [0.1, 0.15) is 64.4 Å². The lowest BCUT2D eigenvalue weighted by molar-refractivity contribution is -0.147. The van der Waals surface area contributed by atoms with Crippen molar-refractivity contribution in [2.24, 2.45) is 0 Å². The number of esters is 1. The molecule has 0 saturated heterocycles. The fraction of sp³-hybridized carbons (Fsp3) is 0.571. The Balaban J connectivity index is 0.000000240. The molecular weight excluding hydrogens is 300 g/mol. The van der Waals surface area contributed by atoms with Crippen molar-refractivity contribution < 1.29 is 14.3 Å². The van der Waals surface area contributed by atoms with Gasteiger partial charge in [-0.25, -0.2) is 0 Å². The van der Waals surface area contributed by atoms with E-state index in [4.69, 9.17) is 9.47 Å². The predicted octanol–water partition coefficient (Wildman–Crippen LogP) is 5.48. The second-order valence-corrected chi connectivity index (χ2v) is 6.16. The molecule has 0 spiro atoms. The van der Waals surface area contributed by atoms with Crippen molar-refractivity contribution >= 4 is 5.97 Å². The highest BCUT2D eigenvalue weighted by Crippen LogP contribution is 2.15. The Bertz CT molecular complexity index is 476. The van der Waals surface area contributed by atoms with E-state index in [-0.39, 0.29) is 12.1 Å². The number of allylic oxidation sites excluding steroid dienone is 2. The van der Waals surface area contributed by atoms with Crippen molar-refractivity contribution in [2.75, 3.05) is 7.11 Å². The first-order valence-corrected chi connectivity index (χ1v) is 9.10. The number of carbonyl (C=O) groups is 1. The third kappa shape index (κ3) is 9.39. The van der Waals surface area contributed by atoms with Crippen molar-refractivity contribution in [1.82, 2.24) is 0 Å². The van der Waals surface area contributed by atoms with E-state index in [1.54, 1.807) is 7.11 Å². The minimum absolute atomic E-state index is 0.149. The first-order valence-electron chi connectivity index (χ1n) is 9.10. The number of hydrogen-bond donors (Lipinski definition) is 0. The lowest BCUT2D eigenvalue weighted by Crippen LogP contribution is -2.16. The summed E-state index contributed by atoms with van der Waals surface area (Å²) < 4.78 is 10.2. The van der Waals surface area contributed by atoms with Gasteiger partial charge in [0.1, 0.15) is 11.9 Å². The average Bonchev–Trinajstić information content (AvgIpc) is 2.56. The highest BCUT2D eigenvalue weighted by molar-refractivity contribution is 5.66. The Morgan fingerprint density at radius 2 is 1.83 bits per heavy atom. The van der Waals surface area contributed by atoms with Crippen LogP contribution in [0.25, 0.3) is 0 Å². The molecule has 0 aromatic heterocycles. The van der Waals surface area contributed by atoms with Gasteiger partial charge in [0.2, 0.25) is 0 Å². The molecule has 0 amide bonds. The molecule has 0 aliphatic heterocycles. The summed E-state index contributed by atoms with van der Waals surface area (Å²) in [5, 5.41) is 0. The minimum Gasteiger partial charge on any atom is -0.497 e. The van der Waals surface area contributed by atoms with Crippen molar-refractivity contribution in [3.8, 4) is 5.75 Å². The number of unbranched alkanes of at least 4 members (excludes halogenated alkanes) is 1. The summed E-state index contributed by atoms with van der Waals surface area (Å²) in [6, 6.07) is 8.30. The van der Waals surface area contributed by atoms with Gasteiger partial charge in [0, 0.05) is 6.92 Å². The van der Waals surface area contributed by atoms with E-state index < -0.39 is 0 Å². The van der Waals surface area contributed by atoms with Gasteiger partial charge in [-0.15, -0.1) is 0 Å². The molecule has 1 unspecified atom stereocenters. The molecule has 1 aromatic carbocycles. The lowest BCUT2D eigenvalue weighted by atomic mass is 10.0. The monoisotopic (exact) mass is 332 g/mol. The van der Waals surface area contributed by atoms with Gasteiger partial charge in [-0.1, -0.05) is 37.6 Å². The zero-order chi connectivity index (χ0) is 17.6. The zero-order valence-corrected chi connectivity index (χ0v) is 15.4. The summed E-state index contributed by atoms with van der Waals surface area (Å²) in [5.74, 6) is 0.791. The van der Waals surface area contributed by atoms with Crippen molar-refractivity contribution in [3.05, 3.63) is 42.0 Å². The largest absolute Gasteiger partial charge is 0.497 e. The fourth-order valence-corrected chi connectivity index (χ4v) is 2.65. The number of carbonyl (C=O) groups excluding carboxylic acids is 1. The van der Waals surface area contributed by atoms with Gasteiger partial charge in [0.05, 0.1) is 7.11 Å². The Hall–Kier alpha value is -1.77. The third-order valence-corrected chi connectivity index (χ3v) is 4.03. The maximum absolute atomic E-state index is 10.7. The summed E-state index contributed by atoms with van der Waals surface area (Å²) in [6.07, 6.45) is 13.6. The summed E-state index contributed by atoms with van der Waals surface area (Å²) in [6.45, 7) is 3.69. The van der Waals surface area contributed by atoms with Crippen LogP contribution < -0.4 is 4.74 Å². The first kappa shape index (κ1) is 20.3. The molecule has 134 valence electrons. The molecule has 1 aromatic rings. The topological polar surface area (TPSA) is 35.5 Å². The predicted molar refractivity (Wildman–Crippen MR) is 99.4 cm³/mol. The number of aryl methyl sites for hydroxylation is 1. The van der Waals surface area contributed by atoms with Gasteiger partial charge in [-0.2, -0.15) is 0 Å². The van der Waals surface area contributed by atoms with Crippen LogP contribution >= 0.6 is 0 Å². The Morgan fingerprint density at radius 3 is 2.46 bits per heavy atom. The van der Waals surface area contributed by atoms with E-state index in [0.717, 1.165) is 37.9 Å². The lowest BCUT2D eigenvalue weighted by Gasteiger charge is -2.16. The number of rotatable bonds is 5. The average molecular weight is 332 g/mol. The number of hydrogen-bond acceptors (Lipinski definition) is 3. The van der Waals surface area contributed by atoms with Crippen LogP contribution in [-0.2, 0) is 16.0 Å². The molecule has 0 bridgehead atoms. The van der Waals surface area contributed by atoms with Crippen LogP contribution in [0.4, 0.5) is 0 Å². The Kier molecular flexibility index (Phi) is 10.7. The molecule has 3 nitrogen and oxygen atoms in total. The van der Waals surface area contributed by atoms with Gasteiger partial charge < -0.3 is 9.47 Å². The van der Waals surface area contributed by atoms with E-state index >= 15 is 0 Å². The van der Waals surface area contributed by atoms with Crippen LogP contribution in [-0.4, -0.2) is 19.2 Å². The first-order chi connectivity index (χ1) is 11.7. The van der Waals surface area contributed by atoms with Gasteiger partial charge in [-0.3, -0.25) is 4.79 Å². The minimum atomic E-state index is -0.149. The third-order valence-electron chi connectivity index (χ3n) is 4.03. The highest BCUT2D eigenvalue weighted by atomic mass is 16.5. The summed E-state index contributed by atoms with van der Waals surface area (Å²) in [5.41, 5.74) is 1.40. The molecule has 0 fully saturated rings. The highest BCUT2D eigenvalue weighted by Gasteiger charge is 2.11. The molecule has 24 heavy (non-hydrogen) atoms. The molecule has 0 heterocycles. The second-order valence-electron chi connectivity index (χ2n) is 6.16. The van der Waals surface area contributed by atoms with Crippen LogP contribution in [0.3, 0.4) is 0 Å². The summed E-state index contributed by atoms with van der Waals surface area (Å²) in [7, 11) is 1.70. The van der Waals surface area contributed by atoms with Crippen LogP contribution in [0.15, 0.2) is 36.4 Å². The second kappa shape index (κ2) is 12.6. The van der Waals surface area contributed by atoms with E-state index in [2.05, 4.69) is 31.2 Å². The fourth-order valence-electron chi connectivity index (χ4n) is 2.65. The number of methoxy groups -OCH3 is 1. The maximum Gasteiger partial charge on any atom is 0.302 e. The van der Waals surface area contributed by atoms with Crippen molar-refractivity contribution in [2.45, 2.75) is 71.3 Å². The standard InChI is InChI=1S/C11H16O.C10H16O2/c1-3-4-5-10-6-8-11(12-2)9-7-10;1-9(11)12-10-7-5-3-2-4-6-8-10/h6-9H,3-5H2,1-2H3;2-3,10H,4-8H2,1H3/b;3-2+. The van der Waals surface area contributed by atoms with Gasteiger partial charge in [-0.05, 0) is 62.6 Å². The maximum atomic E-state index is 10.7. The normalized spacial score (nSPS) is 18.4. The number of benzene rings is 1. The SMILES string of the molecule is CC(=O)OC1CC/C=C/CCC1.CCCCc1ccc(OC)cc1. The van der Waals surface area contributed by atoms with Crippen molar-refractivity contribution in [1.29, 1.82) is 0 Å². The van der Waals surface area contributed by atoms with Crippen LogP contribution in [0.5, 0.6) is 5.75 Å². The van der Waals surface area contributed by atoms with Crippen molar-refractivity contribution in [3.63, 3.8) is 0 Å². The van der Waals surface area contributed by atoms with Gasteiger partial charge in [0.15, 0.2) is 0 Å². The molecular formula is C21H32O3. The Morgan fingerprint density at radius 1 is 1.12 bits per heavy atom. The molecule has 3 heteroatoms. The van der Waals surface area contributed by atoms with Gasteiger partial charge >= 0.3 is 5.97 Å².